The van der Waals surface area contributed by atoms with E-state index in [1.807, 2.05) is 18.2 Å². The van der Waals surface area contributed by atoms with Gasteiger partial charge in [-0.15, -0.1) is 0 Å². The molecule has 1 aromatic heterocycles. The zero-order valence-electron chi connectivity index (χ0n) is 24.7. The third kappa shape index (κ3) is 4.88. The van der Waals surface area contributed by atoms with Crippen LogP contribution in [0.2, 0.25) is 0 Å². The number of benzene rings is 3. The molecule has 1 aliphatic carbocycles. The molecule has 0 saturated heterocycles. The van der Waals surface area contributed by atoms with Gasteiger partial charge < -0.3 is 24.3 Å². The lowest BCUT2D eigenvalue weighted by atomic mass is 9.68. The Labute approximate surface area is 243 Å². The van der Waals surface area contributed by atoms with E-state index in [-0.39, 0.29) is 11.4 Å². The zero-order valence-corrected chi connectivity index (χ0v) is 24.7. The molecular formula is C35H41N3O3. The minimum absolute atomic E-state index is 0.173. The van der Waals surface area contributed by atoms with E-state index < -0.39 is 0 Å². The van der Waals surface area contributed by atoms with Crippen LogP contribution in [0.5, 0.6) is 11.5 Å². The van der Waals surface area contributed by atoms with E-state index in [0.717, 1.165) is 44.2 Å². The first-order valence-electron chi connectivity index (χ1n) is 14.8. The summed E-state index contributed by atoms with van der Waals surface area (Å²) in [4.78, 5) is 22.6. The van der Waals surface area contributed by atoms with Crippen molar-refractivity contribution in [1.82, 2.24) is 14.8 Å². The van der Waals surface area contributed by atoms with Gasteiger partial charge in [-0.2, -0.15) is 0 Å². The molecule has 2 heterocycles. The molecule has 1 amide bonds. The maximum absolute atomic E-state index is 14.2. The molecule has 1 spiro atoms. The highest BCUT2D eigenvalue weighted by Gasteiger charge is 2.49. The first-order chi connectivity index (χ1) is 19.9. The van der Waals surface area contributed by atoms with Crippen LogP contribution in [0.15, 0.2) is 72.8 Å². The van der Waals surface area contributed by atoms with E-state index >= 15 is 0 Å². The molecular weight excluding hydrogens is 510 g/mol. The number of hydrogen-bond donors (Lipinski definition) is 1. The van der Waals surface area contributed by atoms with Crippen molar-refractivity contribution in [3.05, 3.63) is 95.2 Å². The predicted octanol–water partition coefficient (Wildman–Crippen LogP) is 6.50. The minimum Gasteiger partial charge on any atom is -0.493 e. The van der Waals surface area contributed by atoms with Gasteiger partial charge in [0.2, 0.25) is 5.91 Å². The first-order valence-corrected chi connectivity index (χ1v) is 14.8. The second-order valence-electron chi connectivity index (χ2n) is 11.9. The molecule has 2 aliphatic rings. The summed E-state index contributed by atoms with van der Waals surface area (Å²) in [6.07, 6.45) is 5.23. The summed E-state index contributed by atoms with van der Waals surface area (Å²) in [5.41, 5.74) is 5.80. The number of carbonyl (C=O) groups is 1. The number of methoxy groups -OCH3 is 2. The highest BCUT2D eigenvalue weighted by molar-refractivity contribution is 5.87. The summed E-state index contributed by atoms with van der Waals surface area (Å²) in [6, 6.07) is 25.6. The van der Waals surface area contributed by atoms with Crippen molar-refractivity contribution in [2.24, 2.45) is 5.92 Å². The molecule has 41 heavy (non-hydrogen) atoms. The van der Waals surface area contributed by atoms with E-state index in [2.05, 4.69) is 83.5 Å². The second kappa shape index (κ2) is 11.2. The molecule has 6 nitrogen and oxygen atoms in total. The van der Waals surface area contributed by atoms with Crippen LogP contribution < -0.4 is 9.47 Å². The number of amides is 1. The van der Waals surface area contributed by atoms with Crippen molar-refractivity contribution in [2.75, 3.05) is 34.9 Å². The number of carbonyl (C=O) groups excluding carboxylic acids is 1. The predicted molar refractivity (Wildman–Crippen MR) is 163 cm³/mol. The molecule has 1 aliphatic heterocycles. The van der Waals surface area contributed by atoms with Crippen LogP contribution >= 0.6 is 0 Å². The van der Waals surface area contributed by atoms with E-state index in [1.165, 1.54) is 27.7 Å². The van der Waals surface area contributed by atoms with Gasteiger partial charge in [-0.05, 0) is 87.0 Å². The number of nitrogens with zero attached hydrogens (tertiary/aromatic N) is 2. The number of H-pyrrole nitrogens is 1. The van der Waals surface area contributed by atoms with Crippen LogP contribution in [0.4, 0.5) is 0 Å². The monoisotopic (exact) mass is 551 g/mol. The summed E-state index contributed by atoms with van der Waals surface area (Å²) in [5, 5.41) is 1.30. The van der Waals surface area contributed by atoms with E-state index in [4.69, 9.17) is 9.47 Å². The Bertz CT molecular complexity index is 1520. The number of hydrogen-bond acceptors (Lipinski definition) is 4. The van der Waals surface area contributed by atoms with Gasteiger partial charge in [0.1, 0.15) is 0 Å². The van der Waals surface area contributed by atoms with Crippen LogP contribution in [0.3, 0.4) is 0 Å². The number of aromatic amines is 1. The van der Waals surface area contributed by atoms with E-state index in [9.17, 15) is 4.79 Å². The lowest BCUT2D eigenvalue weighted by molar-refractivity contribution is -0.141. The fraction of sp³-hybridized carbons (Fsp3) is 0.400. The number of aromatic nitrogens is 1. The fourth-order valence-electron chi connectivity index (χ4n) is 7.65. The van der Waals surface area contributed by atoms with Crippen molar-refractivity contribution < 1.29 is 14.3 Å². The van der Waals surface area contributed by atoms with Crippen LogP contribution in [0.25, 0.3) is 10.9 Å². The molecule has 1 N–H and O–H groups in total. The van der Waals surface area contributed by atoms with Gasteiger partial charge in [-0.1, -0.05) is 54.6 Å². The fourth-order valence-corrected chi connectivity index (χ4v) is 7.65. The summed E-state index contributed by atoms with van der Waals surface area (Å²) < 4.78 is 10.9. The molecule has 3 aromatic carbocycles. The maximum atomic E-state index is 14.2. The molecule has 1 atom stereocenters. The molecule has 6 rings (SSSR count). The van der Waals surface area contributed by atoms with Crippen molar-refractivity contribution >= 4 is 16.8 Å². The van der Waals surface area contributed by atoms with Crippen LogP contribution in [-0.2, 0) is 23.2 Å². The highest BCUT2D eigenvalue weighted by atomic mass is 16.5. The Morgan fingerprint density at radius 2 is 1.68 bits per heavy atom. The van der Waals surface area contributed by atoms with E-state index in [0.29, 0.717) is 29.9 Å². The molecule has 0 radical (unpaired) electrons. The Kier molecular flexibility index (Phi) is 7.52. The molecule has 1 fully saturated rings. The smallest absolute Gasteiger partial charge is 0.227 e. The van der Waals surface area contributed by atoms with Gasteiger partial charge in [0.05, 0.1) is 26.2 Å². The van der Waals surface area contributed by atoms with Gasteiger partial charge in [-0.3, -0.25) is 4.79 Å². The van der Waals surface area contributed by atoms with Crippen molar-refractivity contribution in [3.63, 3.8) is 0 Å². The summed E-state index contributed by atoms with van der Waals surface area (Å²) in [7, 11) is 7.65. The zero-order chi connectivity index (χ0) is 28.6. The van der Waals surface area contributed by atoms with Gasteiger partial charge in [-0.25, -0.2) is 0 Å². The Hall–Kier alpha value is -3.77. The average Bonchev–Trinajstić information content (AvgIpc) is 3.39. The summed E-state index contributed by atoms with van der Waals surface area (Å²) >= 11 is 0. The Balaban J connectivity index is 1.34. The first kappa shape index (κ1) is 27.4. The SMILES string of the molecule is COc1ccc(CC(=O)N2CCc3c([nH]c4ccccc34)C23CCC(C(c2ccccc2)N(C)C)CC3)cc1OC. The van der Waals surface area contributed by atoms with Crippen LogP contribution in [-0.4, -0.2) is 55.6 Å². The molecule has 6 heteroatoms. The lowest BCUT2D eigenvalue weighted by Gasteiger charge is -2.52. The van der Waals surface area contributed by atoms with Crippen molar-refractivity contribution in [1.29, 1.82) is 0 Å². The van der Waals surface area contributed by atoms with Crippen LogP contribution in [0.1, 0.15) is 54.1 Å². The topological polar surface area (TPSA) is 57.8 Å². The standard InChI is InChI=1S/C35H41N3O3/c1-37(2)33(25-10-6-5-7-11-25)26-16-19-35(20-17-26)34-28(27-12-8-9-13-29(27)36-34)18-21-38(35)32(39)23-24-14-15-30(40-3)31(22-24)41-4/h5-15,22,26,33,36H,16-21,23H2,1-4H3. The number of para-hydroxylation sites is 1. The van der Waals surface area contributed by atoms with Gasteiger partial charge in [0.25, 0.3) is 0 Å². The van der Waals surface area contributed by atoms with Gasteiger partial charge >= 0.3 is 0 Å². The van der Waals surface area contributed by atoms with Crippen LogP contribution in [0, 0.1) is 5.92 Å². The molecule has 214 valence electrons. The molecule has 0 bridgehead atoms. The minimum atomic E-state index is -0.329. The Morgan fingerprint density at radius 3 is 2.39 bits per heavy atom. The van der Waals surface area contributed by atoms with Gasteiger partial charge in [0.15, 0.2) is 11.5 Å². The molecule has 1 unspecified atom stereocenters. The second-order valence-corrected chi connectivity index (χ2v) is 11.9. The van der Waals surface area contributed by atoms with E-state index in [1.54, 1.807) is 14.2 Å². The number of nitrogens with one attached hydrogen (secondary N) is 1. The van der Waals surface area contributed by atoms with Crippen molar-refractivity contribution in [3.8, 4) is 11.5 Å². The number of fused-ring (bicyclic) bond motifs is 4. The van der Waals surface area contributed by atoms with Gasteiger partial charge in [0, 0.05) is 29.2 Å². The number of ether oxygens (including phenoxy) is 2. The third-order valence-corrected chi connectivity index (χ3v) is 9.49. The lowest BCUT2D eigenvalue weighted by Crippen LogP contribution is -2.56. The summed E-state index contributed by atoms with van der Waals surface area (Å²) in [5.74, 6) is 2.02. The highest BCUT2D eigenvalue weighted by Crippen LogP contribution is 2.51. The summed E-state index contributed by atoms with van der Waals surface area (Å²) in [6.45, 7) is 0.738. The maximum Gasteiger partial charge on any atom is 0.227 e. The quantitative estimate of drug-likeness (QED) is 0.285. The average molecular weight is 552 g/mol. The molecule has 4 aromatic rings. The van der Waals surface area contributed by atoms with Crippen molar-refractivity contribution in [2.45, 2.75) is 50.1 Å². The third-order valence-electron chi connectivity index (χ3n) is 9.49. The number of rotatable bonds is 7. The largest absolute Gasteiger partial charge is 0.493 e. The normalized spacial score (nSPS) is 21.2. The Morgan fingerprint density at radius 1 is 0.976 bits per heavy atom. The molecule has 1 saturated carbocycles.